The van der Waals surface area contributed by atoms with Crippen LogP contribution < -0.4 is 10.6 Å². The van der Waals surface area contributed by atoms with Crippen LogP contribution in [0.25, 0.3) is 0 Å². The second-order valence-electron chi connectivity index (χ2n) is 8.20. The molecule has 2 atom stereocenters. The molecule has 0 aromatic carbocycles. The molecule has 0 aliphatic carbocycles. The van der Waals surface area contributed by atoms with Crippen molar-refractivity contribution >= 4 is 5.96 Å². The second kappa shape index (κ2) is 11.5. The first-order valence-corrected chi connectivity index (χ1v) is 11.4. The quantitative estimate of drug-likeness (QED) is 0.483. The van der Waals surface area contributed by atoms with Crippen LogP contribution in [0.3, 0.4) is 0 Å². The summed E-state index contributed by atoms with van der Waals surface area (Å²) in [6.45, 7) is 9.87. The van der Waals surface area contributed by atoms with Crippen molar-refractivity contribution in [2.75, 3.05) is 33.3 Å². The number of methoxy groups -OCH3 is 1. The van der Waals surface area contributed by atoms with Crippen LogP contribution in [0.5, 0.6) is 0 Å². The van der Waals surface area contributed by atoms with E-state index in [1.807, 2.05) is 4.68 Å². The number of unbranched alkanes of at least 4 members (excludes halogenated alkanes) is 1. The predicted octanol–water partition coefficient (Wildman–Crippen LogP) is 1.95. The van der Waals surface area contributed by atoms with Gasteiger partial charge in [-0.05, 0) is 45.7 Å². The molecule has 0 saturated carbocycles. The summed E-state index contributed by atoms with van der Waals surface area (Å²) in [6, 6.07) is 0.899. The smallest absolute Gasteiger partial charge is 0.191 e. The number of rotatable bonds is 9. The van der Waals surface area contributed by atoms with Crippen molar-refractivity contribution in [1.29, 1.82) is 0 Å². The van der Waals surface area contributed by atoms with Gasteiger partial charge in [0.05, 0.1) is 13.1 Å². The molecule has 8 heteroatoms. The minimum absolute atomic E-state index is 0.319. The molecule has 0 spiro atoms. The van der Waals surface area contributed by atoms with Crippen molar-refractivity contribution in [3.63, 3.8) is 0 Å². The Labute approximate surface area is 175 Å². The average Bonchev–Trinajstić information content (AvgIpc) is 3.13. The first-order valence-electron chi connectivity index (χ1n) is 11.4. The number of nitrogens with zero attached hydrogens (tertiary/aromatic N) is 5. The van der Waals surface area contributed by atoms with E-state index < -0.39 is 0 Å². The number of aliphatic imine (C=N–C) groups is 1. The Morgan fingerprint density at radius 1 is 1.28 bits per heavy atom. The summed E-state index contributed by atoms with van der Waals surface area (Å²) in [5, 5.41) is 11.6. The molecule has 3 heterocycles. The zero-order valence-corrected chi connectivity index (χ0v) is 18.5. The van der Waals surface area contributed by atoms with Gasteiger partial charge in [0.15, 0.2) is 11.8 Å². The number of fused-ring (bicyclic) bond motifs is 1. The van der Waals surface area contributed by atoms with Gasteiger partial charge in [-0.3, -0.25) is 9.89 Å². The normalized spacial score (nSPS) is 23.1. The van der Waals surface area contributed by atoms with E-state index in [1.54, 1.807) is 7.11 Å². The third kappa shape index (κ3) is 6.40. The van der Waals surface area contributed by atoms with Crippen LogP contribution >= 0.6 is 0 Å². The van der Waals surface area contributed by atoms with Gasteiger partial charge in [-0.25, -0.2) is 9.67 Å². The Kier molecular flexibility index (Phi) is 8.73. The van der Waals surface area contributed by atoms with E-state index in [-0.39, 0.29) is 0 Å². The van der Waals surface area contributed by atoms with E-state index in [4.69, 9.17) is 9.73 Å². The summed E-state index contributed by atoms with van der Waals surface area (Å²) in [6.07, 6.45) is 8.44. The van der Waals surface area contributed by atoms with Crippen molar-refractivity contribution < 1.29 is 4.74 Å². The Hall–Kier alpha value is -1.67. The highest BCUT2D eigenvalue weighted by Crippen LogP contribution is 2.18. The molecule has 0 bridgehead atoms. The Morgan fingerprint density at radius 2 is 2.17 bits per heavy atom. The number of nitrogens with one attached hydrogen (secondary N) is 2. The number of likely N-dealkylation sites (tertiary alicyclic amines) is 1. The Balaban J connectivity index is 1.57. The maximum absolute atomic E-state index is 5.16. The standard InChI is InChI=1S/C21H39N7O/c1-4-6-12-27-13-8-7-9-18(27)14-23-21(22-5-2)24-17-10-11-20-25-19(16-29-3)26-28(20)15-17/h17-18H,4-16H2,1-3H3,(H2,22,23,24). The molecule has 3 rings (SSSR count). The molecule has 1 aromatic rings. The number of hydrogen-bond acceptors (Lipinski definition) is 5. The molecule has 2 N–H and O–H groups in total. The van der Waals surface area contributed by atoms with E-state index in [2.05, 4.69) is 39.5 Å². The van der Waals surface area contributed by atoms with Crippen molar-refractivity contribution in [1.82, 2.24) is 30.3 Å². The molecule has 1 fully saturated rings. The van der Waals surface area contributed by atoms with Crippen LogP contribution in [0.1, 0.15) is 64.0 Å². The van der Waals surface area contributed by atoms with Crippen molar-refractivity contribution in [2.45, 2.75) is 84.0 Å². The highest BCUT2D eigenvalue weighted by atomic mass is 16.5. The zero-order valence-electron chi connectivity index (χ0n) is 18.5. The number of guanidine groups is 1. The number of piperidine rings is 1. The van der Waals surface area contributed by atoms with Gasteiger partial charge in [0, 0.05) is 32.2 Å². The topological polar surface area (TPSA) is 79.6 Å². The highest BCUT2D eigenvalue weighted by Gasteiger charge is 2.24. The summed E-state index contributed by atoms with van der Waals surface area (Å²) in [7, 11) is 1.68. The minimum Gasteiger partial charge on any atom is -0.377 e. The molecular weight excluding hydrogens is 366 g/mol. The Morgan fingerprint density at radius 3 is 2.97 bits per heavy atom. The van der Waals surface area contributed by atoms with Crippen molar-refractivity contribution in [3.8, 4) is 0 Å². The molecule has 8 nitrogen and oxygen atoms in total. The molecule has 2 unspecified atom stereocenters. The fourth-order valence-electron chi connectivity index (χ4n) is 4.30. The highest BCUT2D eigenvalue weighted by molar-refractivity contribution is 5.80. The zero-order chi connectivity index (χ0) is 20.5. The van der Waals surface area contributed by atoms with Crippen LogP contribution in [-0.2, 0) is 24.3 Å². The molecular formula is C21H39N7O. The molecule has 2 aliphatic heterocycles. The van der Waals surface area contributed by atoms with Gasteiger partial charge in [0.25, 0.3) is 0 Å². The lowest BCUT2D eigenvalue weighted by Crippen LogP contribution is -2.48. The lowest BCUT2D eigenvalue weighted by atomic mass is 10.0. The first-order chi connectivity index (χ1) is 14.2. The summed E-state index contributed by atoms with van der Waals surface area (Å²) in [5.74, 6) is 2.76. The number of aryl methyl sites for hydroxylation is 1. The van der Waals surface area contributed by atoms with Crippen LogP contribution in [-0.4, -0.2) is 71.0 Å². The summed E-state index contributed by atoms with van der Waals surface area (Å²) >= 11 is 0. The Bertz CT molecular complexity index is 645. The predicted molar refractivity (Wildman–Crippen MR) is 116 cm³/mol. The van der Waals surface area contributed by atoms with Crippen LogP contribution in [0.2, 0.25) is 0 Å². The SMILES string of the molecule is CCCCN1CCCCC1CN=C(NCC)NC1CCc2nc(COC)nn2C1. The van der Waals surface area contributed by atoms with Crippen LogP contribution in [0.15, 0.2) is 4.99 Å². The van der Waals surface area contributed by atoms with Gasteiger partial charge in [-0.2, -0.15) is 5.10 Å². The van der Waals surface area contributed by atoms with E-state index in [0.717, 1.165) is 50.1 Å². The maximum atomic E-state index is 5.16. The van der Waals surface area contributed by atoms with E-state index >= 15 is 0 Å². The van der Waals surface area contributed by atoms with Gasteiger partial charge in [0.2, 0.25) is 0 Å². The molecule has 0 amide bonds. The van der Waals surface area contributed by atoms with Gasteiger partial charge in [0.1, 0.15) is 12.4 Å². The lowest BCUT2D eigenvalue weighted by Gasteiger charge is -2.35. The molecule has 1 aromatic heterocycles. The molecule has 0 radical (unpaired) electrons. The fourth-order valence-corrected chi connectivity index (χ4v) is 4.30. The van der Waals surface area contributed by atoms with Gasteiger partial charge >= 0.3 is 0 Å². The molecule has 164 valence electrons. The molecule has 29 heavy (non-hydrogen) atoms. The third-order valence-corrected chi connectivity index (χ3v) is 5.87. The van der Waals surface area contributed by atoms with Crippen LogP contribution in [0, 0.1) is 0 Å². The monoisotopic (exact) mass is 405 g/mol. The summed E-state index contributed by atoms with van der Waals surface area (Å²) < 4.78 is 7.19. The number of ether oxygens (including phenoxy) is 1. The van der Waals surface area contributed by atoms with Crippen molar-refractivity contribution in [3.05, 3.63) is 11.6 Å². The second-order valence-corrected chi connectivity index (χ2v) is 8.20. The molecule has 2 aliphatic rings. The van der Waals surface area contributed by atoms with E-state index in [1.165, 1.54) is 45.2 Å². The minimum atomic E-state index is 0.319. The van der Waals surface area contributed by atoms with Gasteiger partial charge < -0.3 is 15.4 Å². The van der Waals surface area contributed by atoms with Gasteiger partial charge in [-0.15, -0.1) is 0 Å². The average molecular weight is 406 g/mol. The lowest BCUT2D eigenvalue weighted by molar-refractivity contribution is 0.151. The van der Waals surface area contributed by atoms with Crippen LogP contribution in [0.4, 0.5) is 0 Å². The third-order valence-electron chi connectivity index (χ3n) is 5.87. The number of hydrogen-bond donors (Lipinski definition) is 2. The molecule has 1 saturated heterocycles. The number of aromatic nitrogens is 3. The fraction of sp³-hybridized carbons (Fsp3) is 0.857. The van der Waals surface area contributed by atoms with Crippen molar-refractivity contribution in [2.24, 2.45) is 4.99 Å². The largest absolute Gasteiger partial charge is 0.377 e. The van der Waals surface area contributed by atoms with Gasteiger partial charge in [-0.1, -0.05) is 19.8 Å². The summed E-state index contributed by atoms with van der Waals surface area (Å²) in [5.41, 5.74) is 0. The first kappa shape index (κ1) is 22.0. The van der Waals surface area contributed by atoms with E-state index in [0.29, 0.717) is 18.7 Å². The maximum Gasteiger partial charge on any atom is 0.191 e. The summed E-state index contributed by atoms with van der Waals surface area (Å²) in [4.78, 5) is 12.2. The van der Waals surface area contributed by atoms with E-state index in [9.17, 15) is 0 Å².